The van der Waals surface area contributed by atoms with Crippen LogP contribution in [0.5, 0.6) is 0 Å². The van der Waals surface area contributed by atoms with Gasteiger partial charge in [-0.2, -0.15) is 0 Å². The summed E-state index contributed by atoms with van der Waals surface area (Å²) in [6, 6.07) is 2.01. The van der Waals surface area contributed by atoms with Gasteiger partial charge < -0.3 is 5.32 Å². The van der Waals surface area contributed by atoms with Crippen molar-refractivity contribution in [1.29, 1.82) is 0 Å². The van der Waals surface area contributed by atoms with Gasteiger partial charge >= 0.3 is 0 Å². The largest absolute Gasteiger partial charge is 0.373 e. The zero-order valence-electron chi connectivity index (χ0n) is 12.2. The number of aromatic nitrogens is 3. The van der Waals surface area contributed by atoms with E-state index < -0.39 is 0 Å². The molecule has 0 atom stereocenters. The summed E-state index contributed by atoms with van der Waals surface area (Å²) < 4.78 is 0. The molecule has 0 bridgehead atoms. The topological polar surface area (TPSA) is 50.7 Å². The highest BCUT2D eigenvalue weighted by molar-refractivity contribution is 5.70. The lowest BCUT2D eigenvalue weighted by Crippen LogP contribution is -2.07. The Kier molecular flexibility index (Phi) is 3.79. The van der Waals surface area contributed by atoms with Crippen molar-refractivity contribution >= 4 is 5.82 Å². The van der Waals surface area contributed by atoms with E-state index in [1.165, 1.54) is 0 Å². The maximum atomic E-state index is 4.73. The van der Waals surface area contributed by atoms with Gasteiger partial charge in [0.25, 0.3) is 0 Å². The van der Waals surface area contributed by atoms with Crippen LogP contribution in [-0.4, -0.2) is 22.0 Å². The molecule has 0 unspecified atom stereocenters. The lowest BCUT2D eigenvalue weighted by molar-refractivity contribution is 0.775. The molecule has 100 valence electrons. The summed E-state index contributed by atoms with van der Waals surface area (Å²) in [6.45, 7) is 8.31. The van der Waals surface area contributed by atoms with E-state index in [4.69, 9.17) is 4.98 Å². The number of nitrogens with one attached hydrogen (secondary N) is 1. The van der Waals surface area contributed by atoms with Gasteiger partial charge in [-0.15, -0.1) is 0 Å². The highest BCUT2D eigenvalue weighted by Gasteiger charge is 2.14. The van der Waals surface area contributed by atoms with E-state index in [9.17, 15) is 0 Å². The average molecular weight is 256 g/mol. The van der Waals surface area contributed by atoms with Crippen LogP contribution in [0.15, 0.2) is 18.5 Å². The van der Waals surface area contributed by atoms with E-state index in [1.54, 1.807) is 6.20 Å². The second-order valence-corrected chi connectivity index (χ2v) is 5.00. The van der Waals surface area contributed by atoms with Crippen LogP contribution >= 0.6 is 0 Å². The van der Waals surface area contributed by atoms with Gasteiger partial charge in [0.15, 0.2) is 0 Å². The van der Waals surface area contributed by atoms with E-state index in [1.807, 2.05) is 26.2 Å². The number of anilines is 1. The Morgan fingerprint density at radius 3 is 2.47 bits per heavy atom. The van der Waals surface area contributed by atoms with Crippen LogP contribution in [0.25, 0.3) is 11.3 Å². The number of aryl methyl sites for hydroxylation is 1. The van der Waals surface area contributed by atoms with Crippen molar-refractivity contribution in [2.75, 3.05) is 12.4 Å². The molecule has 0 radical (unpaired) electrons. The molecule has 2 aromatic heterocycles. The lowest BCUT2D eigenvalue weighted by atomic mass is 10.0. The summed E-state index contributed by atoms with van der Waals surface area (Å²) in [5.41, 5.74) is 4.30. The Bertz CT molecular complexity index is 591. The van der Waals surface area contributed by atoms with Gasteiger partial charge in [0, 0.05) is 36.5 Å². The zero-order valence-corrected chi connectivity index (χ0v) is 12.2. The Balaban J connectivity index is 2.69. The van der Waals surface area contributed by atoms with Crippen LogP contribution in [0, 0.1) is 13.8 Å². The number of rotatable bonds is 3. The summed E-state index contributed by atoms with van der Waals surface area (Å²) in [4.78, 5) is 13.4. The summed E-state index contributed by atoms with van der Waals surface area (Å²) in [5, 5.41) is 3.15. The Morgan fingerprint density at radius 2 is 1.89 bits per heavy atom. The first-order chi connectivity index (χ1) is 9.04. The fourth-order valence-electron chi connectivity index (χ4n) is 2.04. The van der Waals surface area contributed by atoms with Gasteiger partial charge in [0.05, 0.1) is 5.69 Å². The van der Waals surface area contributed by atoms with Gasteiger partial charge in [-0.25, -0.2) is 9.97 Å². The molecular weight excluding hydrogens is 236 g/mol. The van der Waals surface area contributed by atoms with Crippen LogP contribution in [0.4, 0.5) is 5.82 Å². The first-order valence-corrected chi connectivity index (χ1v) is 6.51. The molecule has 0 aliphatic rings. The predicted molar refractivity (Wildman–Crippen MR) is 78.4 cm³/mol. The normalized spacial score (nSPS) is 10.8. The van der Waals surface area contributed by atoms with Crippen molar-refractivity contribution in [2.45, 2.75) is 33.6 Å². The monoisotopic (exact) mass is 256 g/mol. The second kappa shape index (κ2) is 5.34. The zero-order chi connectivity index (χ0) is 14.0. The SMILES string of the molecule is CNc1nc(C(C)C)nc(-c2ccncc2C)c1C. The third-order valence-corrected chi connectivity index (χ3v) is 3.19. The minimum Gasteiger partial charge on any atom is -0.373 e. The minimum absolute atomic E-state index is 0.300. The molecule has 0 fully saturated rings. The van der Waals surface area contributed by atoms with Crippen LogP contribution in [0.2, 0.25) is 0 Å². The maximum Gasteiger partial charge on any atom is 0.133 e. The van der Waals surface area contributed by atoms with Crippen LogP contribution in [-0.2, 0) is 0 Å². The first-order valence-electron chi connectivity index (χ1n) is 6.51. The summed E-state index contributed by atoms with van der Waals surface area (Å²) in [6.07, 6.45) is 3.67. The number of nitrogens with zero attached hydrogens (tertiary/aromatic N) is 3. The molecule has 2 aromatic rings. The number of hydrogen-bond acceptors (Lipinski definition) is 4. The Labute approximate surface area is 114 Å². The van der Waals surface area contributed by atoms with Crippen LogP contribution in [0.1, 0.15) is 36.7 Å². The first kappa shape index (κ1) is 13.5. The van der Waals surface area contributed by atoms with Gasteiger partial charge in [0.1, 0.15) is 11.6 Å². The van der Waals surface area contributed by atoms with Crippen molar-refractivity contribution in [3.8, 4) is 11.3 Å². The molecule has 0 spiro atoms. The van der Waals surface area contributed by atoms with Crippen molar-refractivity contribution in [3.63, 3.8) is 0 Å². The molecule has 4 heteroatoms. The molecule has 0 saturated carbocycles. The van der Waals surface area contributed by atoms with Gasteiger partial charge in [-0.05, 0) is 25.5 Å². The van der Waals surface area contributed by atoms with E-state index in [-0.39, 0.29) is 0 Å². The van der Waals surface area contributed by atoms with Crippen molar-refractivity contribution in [1.82, 2.24) is 15.0 Å². The van der Waals surface area contributed by atoms with Gasteiger partial charge in [0.2, 0.25) is 0 Å². The quantitative estimate of drug-likeness (QED) is 0.915. The van der Waals surface area contributed by atoms with E-state index >= 15 is 0 Å². The molecule has 4 nitrogen and oxygen atoms in total. The van der Waals surface area contributed by atoms with Crippen LogP contribution in [0.3, 0.4) is 0 Å². The molecule has 2 rings (SSSR count). The number of hydrogen-bond donors (Lipinski definition) is 1. The van der Waals surface area contributed by atoms with Gasteiger partial charge in [-0.1, -0.05) is 13.8 Å². The standard InChI is InChI=1S/C15H20N4/c1-9(2)14-18-13(11(4)15(16-5)19-14)12-6-7-17-8-10(12)3/h6-9H,1-5H3,(H,16,18,19). The highest BCUT2D eigenvalue weighted by Crippen LogP contribution is 2.29. The maximum absolute atomic E-state index is 4.73. The van der Waals surface area contributed by atoms with Crippen molar-refractivity contribution in [3.05, 3.63) is 35.4 Å². The molecular formula is C15H20N4. The Hall–Kier alpha value is -1.97. The molecule has 0 aliphatic heterocycles. The Morgan fingerprint density at radius 1 is 1.16 bits per heavy atom. The second-order valence-electron chi connectivity index (χ2n) is 5.00. The third kappa shape index (κ3) is 2.57. The molecule has 0 saturated heterocycles. The predicted octanol–water partition coefficient (Wildman–Crippen LogP) is 3.32. The van der Waals surface area contributed by atoms with Crippen molar-refractivity contribution < 1.29 is 0 Å². The average Bonchev–Trinajstić information content (AvgIpc) is 2.39. The summed E-state index contributed by atoms with van der Waals surface area (Å²) >= 11 is 0. The molecule has 2 heterocycles. The minimum atomic E-state index is 0.300. The fraction of sp³-hybridized carbons (Fsp3) is 0.400. The molecule has 1 N–H and O–H groups in total. The number of pyridine rings is 1. The molecule has 0 aliphatic carbocycles. The third-order valence-electron chi connectivity index (χ3n) is 3.19. The molecule has 0 aromatic carbocycles. The summed E-state index contributed by atoms with van der Waals surface area (Å²) in [5.74, 6) is 2.06. The smallest absolute Gasteiger partial charge is 0.133 e. The highest BCUT2D eigenvalue weighted by atomic mass is 15.0. The summed E-state index contributed by atoms with van der Waals surface area (Å²) in [7, 11) is 1.89. The van der Waals surface area contributed by atoms with E-state index in [2.05, 4.69) is 36.1 Å². The van der Waals surface area contributed by atoms with Crippen LogP contribution < -0.4 is 5.32 Å². The van der Waals surface area contributed by atoms with Crippen molar-refractivity contribution in [2.24, 2.45) is 0 Å². The lowest BCUT2D eigenvalue weighted by Gasteiger charge is -2.15. The fourth-order valence-corrected chi connectivity index (χ4v) is 2.04. The molecule has 0 amide bonds. The van der Waals surface area contributed by atoms with Gasteiger partial charge in [-0.3, -0.25) is 4.98 Å². The van der Waals surface area contributed by atoms with E-state index in [0.29, 0.717) is 5.92 Å². The van der Waals surface area contributed by atoms with E-state index in [0.717, 1.165) is 34.0 Å². The molecule has 19 heavy (non-hydrogen) atoms.